The van der Waals surface area contributed by atoms with E-state index in [9.17, 15) is 4.79 Å². The Kier molecular flexibility index (Phi) is 9.51. The number of rotatable bonds is 9. The van der Waals surface area contributed by atoms with Crippen LogP contribution in [-0.2, 0) is 6.54 Å². The summed E-state index contributed by atoms with van der Waals surface area (Å²) in [5, 5.41) is 4.40. The standard InChI is InChI=1S/C35H48N10O/c1-7-45(28-10-8-27(9-11-28)42(4)5)31-18-25(26-19-37-35(38-20-26)44-14-12-43(6)13-15-44)17-29-32(31)39-22-40-33(29)36-21-30-23(2)16-24(3)41-34(30)46/h16-20,22,27-28H,7-15,21H2,1-6H3,(H,41,46)(H,36,39,40). The number of benzene rings is 1. The molecule has 11 nitrogen and oxygen atoms in total. The number of hydrogen-bond acceptors (Lipinski definition) is 10. The molecule has 11 heteroatoms. The van der Waals surface area contributed by atoms with Gasteiger partial charge in [-0.1, -0.05) is 0 Å². The molecular weight excluding hydrogens is 576 g/mol. The van der Waals surface area contributed by atoms with Crippen molar-refractivity contribution < 1.29 is 0 Å². The van der Waals surface area contributed by atoms with Crippen LogP contribution >= 0.6 is 0 Å². The van der Waals surface area contributed by atoms with Gasteiger partial charge >= 0.3 is 0 Å². The minimum Gasteiger partial charge on any atom is -0.367 e. The molecule has 0 amide bonds. The average Bonchev–Trinajstić information content (AvgIpc) is 3.05. The van der Waals surface area contributed by atoms with E-state index in [0.717, 1.165) is 90.5 Å². The van der Waals surface area contributed by atoms with Gasteiger partial charge in [-0.05, 0) is 96.9 Å². The van der Waals surface area contributed by atoms with Crippen LogP contribution in [0.25, 0.3) is 22.0 Å². The van der Waals surface area contributed by atoms with Crippen molar-refractivity contribution in [3.63, 3.8) is 0 Å². The van der Waals surface area contributed by atoms with Gasteiger partial charge in [-0.2, -0.15) is 0 Å². The predicted molar refractivity (Wildman–Crippen MR) is 187 cm³/mol. The molecule has 1 saturated heterocycles. The molecule has 4 heterocycles. The average molecular weight is 625 g/mol. The summed E-state index contributed by atoms with van der Waals surface area (Å²) < 4.78 is 0. The topological polar surface area (TPSA) is 109 Å². The second-order valence-electron chi connectivity index (χ2n) is 13.2. The smallest absolute Gasteiger partial charge is 0.253 e. The first-order valence-corrected chi connectivity index (χ1v) is 16.6. The van der Waals surface area contributed by atoms with E-state index in [1.165, 1.54) is 12.8 Å². The Labute approximate surface area is 272 Å². The van der Waals surface area contributed by atoms with Crippen LogP contribution in [-0.4, -0.2) is 101 Å². The number of piperazine rings is 1. The Bertz CT molecular complexity index is 1700. The molecular formula is C35H48N10O. The molecule has 2 aliphatic rings. The lowest BCUT2D eigenvalue weighted by molar-refractivity contribution is 0.214. The van der Waals surface area contributed by atoms with Crippen LogP contribution in [0.15, 0.2) is 41.7 Å². The number of fused-ring (bicyclic) bond motifs is 1. The highest BCUT2D eigenvalue weighted by atomic mass is 16.1. The molecule has 1 saturated carbocycles. The number of nitrogens with zero attached hydrogens (tertiary/aromatic N) is 8. The Hall–Kier alpha value is -4.09. The summed E-state index contributed by atoms with van der Waals surface area (Å²) in [6.07, 6.45) is 10.1. The predicted octanol–water partition coefficient (Wildman–Crippen LogP) is 4.45. The number of aryl methyl sites for hydroxylation is 2. The normalized spacial score (nSPS) is 19.2. The van der Waals surface area contributed by atoms with Crippen molar-refractivity contribution in [1.82, 2.24) is 34.7 Å². The van der Waals surface area contributed by atoms with Crippen LogP contribution in [0.3, 0.4) is 0 Å². The Balaban J connectivity index is 1.39. The summed E-state index contributed by atoms with van der Waals surface area (Å²) in [6, 6.07) is 7.45. The lowest BCUT2D eigenvalue weighted by Gasteiger charge is -2.40. The van der Waals surface area contributed by atoms with E-state index in [1.54, 1.807) is 6.33 Å². The third-order valence-electron chi connectivity index (χ3n) is 9.89. The third-order valence-corrected chi connectivity index (χ3v) is 9.89. The maximum atomic E-state index is 12.8. The van der Waals surface area contributed by atoms with Crippen LogP contribution in [0.2, 0.25) is 0 Å². The van der Waals surface area contributed by atoms with E-state index in [4.69, 9.17) is 15.0 Å². The second kappa shape index (κ2) is 13.7. The molecule has 0 bridgehead atoms. The molecule has 0 unspecified atom stereocenters. The van der Waals surface area contributed by atoms with Gasteiger partial charge in [0.25, 0.3) is 5.56 Å². The van der Waals surface area contributed by atoms with Crippen molar-refractivity contribution in [2.24, 2.45) is 0 Å². The first kappa shape index (κ1) is 31.9. The molecule has 244 valence electrons. The lowest BCUT2D eigenvalue weighted by Crippen LogP contribution is -2.45. The highest BCUT2D eigenvalue weighted by molar-refractivity contribution is 6.00. The van der Waals surface area contributed by atoms with E-state index in [1.807, 2.05) is 32.3 Å². The molecule has 1 aliphatic carbocycles. The number of hydrogen-bond donors (Lipinski definition) is 2. The number of anilines is 3. The molecule has 1 aromatic carbocycles. The van der Waals surface area contributed by atoms with E-state index in [0.29, 0.717) is 30.0 Å². The Morgan fingerprint density at radius 1 is 0.913 bits per heavy atom. The van der Waals surface area contributed by atoms with E-state index in [2.05, 4.69) is 75.1 Å². The monoisotopic (exact) mass is 624 g/mol. The minimum absolute atomic E-state index is 0.0761. The highest BCUT2D eigenvalue weighted by Gasteiger charge is 2.28. The zero-order valence-corrected chi connectivity index (χ0v) is 28.2. The van der Waals surface area contributed by atoms with Crippen molar-refractivity contribution in [2.75, 3.05) is 69.0 Å². The maximum absolute atomic E-state index is 12.8. The Morgan fingerprint density at radius 2 is 1.61 bits per heavy atom. The molecule has 0 spiro atoms. The number of nitrogens with one attached hydrogen (secondary N) is 2. The quantitative estimate of drug-likeness (QED) is 0.277. The van der Waals surface area contributed by atoms with Gasteiger partial charge in [-0.3, -0.25) is 4.79 Å². The number of likely N-dealkylation sites (N-methyl/N-ethyl adjacent to an activating group) is 1. The fraction of sp³-hybridized carbons (Fsp3) is 0.514. The number of aromatic amines is 1. The highest BCUT2D eigenvalue weighted by Crippen LogP contribution is 2.38. The van der Waals surface area contributed by atoms with Gasteiger partial charge in [0.05, 0.1) is 11.2 Å². The van der Waals surface area contributed by atoms with Crippen molar-refractivity contribution >= 4 is 28.4 Å². The van der Waals surface area contributed by atoms with Crippen LogP contribution in [0.4, 0.5) is 17.5 Å². The summed E-state index contributed by atoms with van der Waals surface area (Å²) in [4.78, 5) is 44.4. The molecule has 2 fully saturated rings. The molecule has 1 aliphatic heterocycles. The fourth-order valence-electron chi connectivity index (χ4n) is 7.10. The number of H-pyrrole nitrogens is 1. The van der Waals surface area contributed by atoms with Crippen molar-refractivity contribution in [3.8, 4) is 11.1 Å². The first-order valence-electron chi connectivity index (χ1n) is 16.6. The van der Waals surface area contributed by atoms with Gasteiger partial charge in [0, 0.05) is 86.0 Å². The molecule has 6 rings (SSSR count). The van der Waals surface area contributed by atoms with Gasteiger partial charge in [0.2, 0.25) is 5.95 Å². The SMILES string of the molecule is CCN(c1cc(-c2cnc(N3CCN(C)CC3)nc2)cc2c(NCc3c(C)cc(C)[nH]c3=O)ncnc12)C1CCC(N(C)C)CC1. The van der Waals surface area contributed by atoms with Gasteiger partial charge in [-0.15, -0.1) is 0 Å². The van der Waals surface area contributed by atoms with Crippen LogP contribution < -0.4 is 20.7 Å². The van der Waals surface area contributed by atoms with Gasteiger partial charge in [0.1, 0.15) is 12.1 Å². The van der Waals surface area contributed by atoms with E-state index < -0.39 is 0 Å². The van der Waals surface area contributed by atoms with E-state index in [-0.39, 0.29) is 5.56 Å². The summed E-state index contributed by atoms with van der Waals surface area (Å²) in [6.45, 7) is 11.2. The molecule has 3 aromatic heterocycles. The largest absolute Gasteiger partial charge is 0.367 e. The Morgan fingerprint density at radius 3 is 2.26 bits per heavy atom. The number of aromatic nitrogens is 5. The maximum Gasteiger partial charge on any atom is 0.253 e. The summed E-state index contributed by atoms with van der Waals surface area (Å²) >= 11 is 0. The molecule has 46 heavy (non-hydrogen) atoms. The molecule has 4 aromatic rings. The minimum atomic E-state index is -0.0761. The van der Waals surface area contributed by atoms with Gasteiger partial charge in [0.15, 0.2) is 0 Å². The number of pyridine rings is 1. The van der Waals surface area contributed by atoms with Crippen LogP contribution in [0.1, 0.15) is 49.4 Å². The summed E-state index contributed by atoms with van der Waals surface area (Å²) in [5.74, 6) is 1.48. The van der Waals surface area contributed by atoms with Crippen molar-refractivity contribution in [2.45, 2.75) is 65.1 Å². The van der Waals surface area contributed by atoms with Crippen LogP contribution in [0, 0.1) is 13.8 Å². The zero-order chi connectivity index (χ0) is 32.4. The molecule has 2 N–H and O–H groups in total. The molecule has 0 radical (unpaired) electrons. The lowest BCUT2D eigenvalue weighted by atomic mass is 9.89. The third kappa shape index (κ3) is 6.71. The first-order chi connectivity index (χ1) is 22.2. The fourth-order valence-corrected chi connectivity index (χ4v) is 7.10. The summed E-state index contributed by atoms with van der Waals surface area (Å²) in [7, 11) is 6.53. The van der Waals surface area contributed by atoms with Crippen LogP contribution in [0.5, 0.6) is 0 Å². The van der Waals surface area contributed by atoms with Crippen molar-refractivity contribution in [3.05, 3.63) is 64.1 Å². The van der Waals surface area contributed by atoms with E-state index >= 15 is 0 Å². The second-order valence-corrected chi connectivity index (χ2v) is 13.2. The van der Waals surface area contributed by atoms with Gasteiger partial charge in [-0.25, -0.2) is 19.9 Å². The van der Waals surface area contributed by atoms with Crippen molar-refractivity contribution in [1.29, 1.82) is 0 Å². The van der Waals surface area contributed by atoms with Gasteiger partial charge < -0.3 is 29.9 Å². The molecule has 0 atom stereocenters. The summed E-state index contributed by atoms with van der Waals surface area (Å²) in [5.41, 5.74) is 6.42. The zero-order valence-electron chi connectivity index (χ0n) is 28.2.